The van der Waals surface area contributed by atoms with Crippen LogP contribution in [0.25, 0.3) is 0 Å². The third-order valence-corrected chi connectivity index (χ3v) is 11.1. The van der Waals surface area contributed by atoms with E-state index in [1.807, 2.05) is 38.1 Å². The van der Waals surface area contributed by atoms with Crippen molar-refractivity contribution < 1.29 is 19.8 Å². The minimum Gasteiger partial charge on any atom is -0.481 e. The highest BCUT2D eigenvalue weighted by atomic mass is 32.1. The Labute approximate surface area is 246 Å². The van der Waals surface area contributed by atoms with Gasteiger partial charge in [0.05, 0.1) is 11.6 Å². The highest BCUT2D eigenvalue weighted by molar-refractivity contribution is 7.12. The number of hydrogen-bond donors (Lipinski definition) is 4. The number of aryl methyl sites for hydroxylation is 1. The van der Waals surface area contributed by atoms with Crippen LogP contribution in [-0.4, -0.2) is 58.9 Å². The van der Waals surface area contributed by atoms with Crippen LogP contribution in [-0.2, 0) is 15.0 Å². The number of piperidine rings is 2. The lowest BCUT2D eigenvalue weighted by atomic mass is 9.53. The Morgan fingerprint density at radius 3 is 1.98 bits per heavy atom. The van der Waals surface area contributed by atoms with Gasteiger partial charge in [0.15, 0.2) is 0 Å². The predicted octanol–water partition coefficient (Wildman–Crippen LogP) is 5.05. The van der Waals surface area contributed by atoms with Crippen molar-refractivity contribution in [2.45, 2.75) is 63.6 Å². The Kier molecular flexibility index (Phi) is 8.14. The Morgan fingerprint density at radius 2 is 1.51 bits per heavy atom. The van der Waals surface area contributed by atoms with Gasteiger partial charge in [-0.3, -0.25) is 14.9 Å². The monoisotopic (exact) mass is 575 g/mol. The van der Waals surface area contributed by atoms with E-state index in [1.54, 1.807) is 6.92 Å². The first-order chi connectivity index (χ1) is 19.6. The van der Waals surface area contributed by atoms with Crippen LogP contribution in [0.5, 0.6) is 0 Å². The lowest BCUT2D eigenvalue weighted by Gasteiger charge is -2.56. The molecule has 7 nitrogen and oxygen atoms in total. The molecule has 5 N–H and O–H groups in total. The van der Waals surface area contributed by atoms with Crippen LogP contribution in [0.3, 0.4) is 0 Å². The molecule has 5 rings (SSSR count). The molecule has 41 heavy (non-hydrogen) atoms. The molecule has 4 unspecified atom stereocenters. The summed E-state index contributed by atoms with van der Waals surface area (Å²) in [5, 5.41) is 24.6. The Hall–Kier alpha value is -3.04. The fourth-order valence-corrected chi connectivity index (χ4v) is 8.72. The Bertz CT molecular complexity index is 1330. The van der Waals surface area contributed by atoms with Crippen molar-refractivity contribution >= 4 is 23.3 Å². The number of carboxylic acid groups (broad SMARTS) is 2. The van der Waals surface area contributed by atoms with Crippen LogP contribution in [0.1, 0.15) is 59.9 Å². The van der Waals surface area contributed by atoms with Gasteiger partial charge in [-0.15, -0.1) is 11.3 Å². The molecule has 0 saturated carbocycles. The average Bonchev–Trinajstić information content (AvgIpc) is 3.40. The number of benzene rings is 2. The van der Waals surface area contributed by atoms with Crippen LogP contribution in [0, 0.1) is 17.8 Å². The first-order valence-corrected chi connectivity index (χ1v) is 15.3. The second-order valence-electron chi connectivity index (χ2n) is 12.1. The maximum Gasteiger partial charge on any atom is 0.313 e. The van der Waals surface area contributed by atoms with Gasteiger partial charge in [0.2, 0.25) is 0 Å². The Morgan fingerprint density at radius 1 is 0.951 bits per heavy atom. The van der Waals surface area contributed by atoms with Crippen molar-refractivity contribution in [2.24, 2.45) is 16.6 Å². The number of likely N-dealkylation sites (tertiary alicyclic amines) is 1. The highest BCUT2D eigenvalue weighted by Gasteiger charge is 2.65. The summed E-state index contributed by atoms with van der Waals surface area (Å²) in [5.74, 6) is -2.85. The van der Waals surface area contributed by atoms with E-state index in [0.717, 1.165) is 35.7 Å². The number of carbonyl (C=O) groups is 2. The molecule has 0 spiro atoms. The molecule has 3 heterocycles. The lowest BCUT2D eigenvalue weighted by Crippen LogP contribution is -2.72. The molecule has 3 aromatic rings. The van der Waals surface area contributed by atoms with E-state index in [1.165, 1.54) is 22.5 Å². The maximum absolute atomic E-state index is 13.4. The fourth-order valence-electron chi connectivity index (χ4n) is 7.51. The zero-order valence-corrected chi connectivity index (χ0v) is 24.9. The number of carboxylic acids is 2. The minimum absolute atomic E-state index is 0.102. The largest absolute Gasteiger partial charge is 0.481 e. The third kappa shape index (κ3) is 4.91. The molecule has 2 aliphatic heterocycles. The minimum atomic E-state index is -1.50. The van der Waals surface area contributed by atoms with Gasteiger partial charge in [-0.25, -0.2) is 0 Å². The second-order valence-corrected chi connectivity index (χ2v) is 13.4. The van der Waals surface area contributed by atoms with Crippen molar-refractivity contribution in [3.63, 3.8) is 0 Å². The van der Waals surface area contributed by atoms with Crippen molar-refractivity contribution in [3.05, 3.63) is 93.7 Å². The Balaban J connectivity index is 1.45. The summed E-state index contributed by atoms with van der Waals surface area (Å²) in [7, 11) is 0. The number of aliphatic carboxylic acids is 2. The molecule has 0 radical (unpaired) electrons. The third-order valence-electron chi connectivity index (χ3n) is 10.1. The van der Waals surface area contributed by atoms with Crippen LogP contribution in [0.4, 0.5) is 0 Å². The van der Waals surface area contributed by atoms with E-state index in [0.29, 0.717) is 13.0 Å². The van der Waals surface area contributed by atoms with Crippen LogP contribution >= 0.6 is 11.3 Å². The molecule has 2 aromatic carbocycles. The van der Waals surface area contributed by atoms with Gasteiger partial charge in [0, 0.05) is 27.1 Å². The number of nitrogens with two attached hydrogens (primary N) is 1. The molecule has 2 aliphatic rings. The first-order valence-electron chi connectivity index (χ1n) is 14.4. The summed E-state index contributed by atoms with van der Waals surface area (Å²) in [6.07, 6.45) is 1.26. The van der Waals surface area contributed by atoms with E-state index in [2.05, 4.69) is 58.7 Å². The van der Waals surface area contributed by atoms with E-state index >= 15 is 0 Å². The lowest BCUT2D eigenvalue weighted by molar-refractivity contribution is -0.172. The SMILES string of the molecule is Cc1ccc(C2C(CCN3CCC(c4ccccc4)(c4ccccc4)CC3)(C(=O)O)C(C)N[C@@H](N)C2(C)C(=O)O)s1. The number of nitrogens with zero attached hydrogens (tertiary/aromatic N) is 1. The molecule has 1 aromatic heterocycles. The van der Waals surface area contributed by atoms with Crippen molar-refractivity contribution in [1.29, 1.82) is 0 Å². The molecular formula is C33H41N3O4S. The van der Waals surface area contributed by atoms with Gasteiger partial charge in [-0.1, -0.05) is 60.7 Å². The first kappa shape index (κ1) is 29.5. The van der Waals surface area contributed by atoms with Gasteiger partial charge in [0.25, 0.3) is 0 Å². The molecule has 218 valence electrons. The summed E-state index contributed by atoms with van der Waals surface area (Å²) in [4.78, 5) is 30.3. The second kappa shape index (κ2) is 11.3. The topological polar surface area (TPSA) is 116 Å². The number of thiophene rings is 1. The van der Waals surface area contributed by atoms with Gasteiger partial charge < -0.3 is 20.8 Å². The van der Waals surface area contributed by atoms with Gasteiger partial charge in [-0.2, -0.15) is 0 Å². The molecule has 0 bridgehead atoms. The number of rotatable bonds is 8. The van der Waals surface area contributed by atoms with Crippen LogP contribution < -0.4 is 11.1 Å². The van der Waals surface area contributed by atoms with E-state index < -0.39 is 40.9 Å². The molecule has 2 fully saturated rings. The molecule has 5 atom stereocenters. The van der Waals surface area contributed by atoms with E-state index in [4.69, 9.17) is 5.73 Å². The van der Waals surface area contributed by atoms with Gasteiger partial charge >= 0.3 is 11.9 Å². The molecule has 0 aliphatic carbocycles. The van der Waals surface area contributed by atoms with Crippen molar-refractivity contribution in [1.82, 2.24) is 10.2 Å². The smallest absolute Gasteiger partial charge is 0.313 e. The van der Waals surface area contributed by atoms with Gasteiger partial charge in [-0.05, 0) is 82.9 Å². The average molecular weight is 576 g/mol. The standard InChI is InChI=1S/C33H41N3O4S/c1-22-14-15-26(41-22)27-31(3,29(37)38)28(34)35-23(2)33(27,30(39)40)18-21-36-19-16-32(17-20-36,24-10-6-4-7-11-24)25-12-8-5-9-13-25/h4-15,23,27-28,35H,16-21,34H2,1-3H3,(H,37,38)(H,39,40)/t23?,27?,28-,31?,33?/m1/s1. The van der Waals surface area contributed by atoms with Crippen LogP contribution in [0.15, 0.2) is 72.8 Å². The van der Waals surface area contributed by atoms with Gasteiger partial charge in [0.1, 0.15) is 5.41 Å². The fraction of sp³-hybridized carbons (Fsp3) is 0.455. The quantitative estimate of drug-likeness (QED) is 0.297. The molecular weight excluding hydrogens is 534 g/mol. The summed E-state index contributed by atoms with van der Waals surface area (Å²) >= 11 is 1.47. The predicted molar refractivity (Wildman–Crippen MR) is 162 cm³/mol. The van der Waals surface area contributed by atoms with E-state index in [9.17, 15) is 19.8 Å². The number of hydrogen-bond acceptors (Lipinski definition) is 6. The highest BCUT2D eigenvalue weighted by Crippen LogP contribution is 2.57. The van der Waals surface area contributed by atoms with Crippen LogP contribution in [0.2, 0.25) is 0 Å². The summed E-state index contributed by atoms with van der Waals surface area (Å²) in [5.41, 5.74) is 6.10. The normalized spacial score (nSPS) is 30.1. The summed E-state index contributed by atoms with van der Waals surface area (Å²) in [6.45, 7) is 7.60. The van der Waals surface area contributed by atoms with Crippen molar-refractivity contribution in [2.75, 3.05) is 19.6 Å². The zero-order chi connectivity index (χ0) is 29.4. The zero-order valence-electron chi connectivity index (χ0n) is 24.0. The maximum atomic E-state index is 13.4. The molecule has 2 saturated heterocycles. The summed E-state index contributed by atoms with van der Waals surface area (Å²) in [6, 6.07) is 24.6. The number of nitrogens with one attached hydrogen (secondary N) is 1. The molecule has 8 heteroatoms. The van der Waals surface area contributed by atoms with Crippen molar-refractivity contribution in [3.8, 4) is 0 Å². The summed E-state index contributed by atoms with van der Waals surface area (Å²) < 4.78 is 0. The molecule has 0 amide bonds. The van der Waals surface area contributed by atoms with E-state index in [-0.39, 0.29) is 5.41 Å².